The van der Waals surface area contributed by atoms with Gasteiger partial charge < -0.3 is 9.13 Å². The Morgan fingerprint density at radius 1 is 0.622 bits per heavy atom. The number of benzene rings is 5. The smallest absolute Gasteiger partial charge is 0.0548 e. The monoisotopic (exact) mass is 582 g/mol. The Labute approximate surface area is 265 Å². The van der Waals surface area contributed by atoms with Gasteiger partial charge >= 0.3 is 0 Å². The lowest BCUT2D eigenvalue weighted by atomic mass is 10.0. The SMILES string of the molecule is C/C=C\c1c(C)n(-c2ccc(C(/C=C\CC)=C/C)cc2)c2ccc3c(c4ccccc4n3-c3ccc(-c4ccccc4)cc3)c12. The molecule has 45 heavy (non-hydrogen) atoms. The quantitative estimate of drug-likeness (QED) is 0.165. The van der Waals surface area contributed by atoms with E-state index in [0.29, 0.717) is 0 Å². The van der Waals surface area contributed by atoms with Crippen LogP contribution in [0.15, 0.2) is 140 Å². The molecule has 7 rings (SSSR count). The number of rotatable bonds is 7. The van der Waals surface area contributed by atoms with Crippen LogP contribution >= 0.6 is 0 Å². The first-order chi connectivity index (χ1) is 22.1. The van der Waals surface area contributed by atoms with E-state index in [2.05, 4.69) is 182 Å². The van der Waals surface area contributed by atoms with Gasteiger partial charge in [0.05, 0.1) is 16.6 Å². The number of aromatic nitrogens is 2. The second-order valence-corrected chi connectivity index (χ2v) is 11.6. The molecule has 0 unspecified atom stereocenters. The van der Waals surface area contributed by atoms with Crippen LogP contribution in [-0.4, -0.2) is 9.13 Å². The number of allylic oxidation sites excluding steroid dienone is 5. The van der Waals surface area contributed by atoms with Crippen molar-refractivity contribution in [2.24, 2.45) is 0 Å². The molecule has 0 aliphatic rings. The Balaban J connectivity index is 1.45. The van der Waals surface area contributed by atoms with Crippen molar-refractivity contribution < 1.29 is 0 Å². The first-order valence-corrected chi connectivity index (χ1v) is 15.9. The second-order valence-electron chi connectivity index (χ2n) is 11.6. The van der Waals surface area contributed by atoms with E-state index in [4.69, 9.17) is 0 Å². The van der Waals surface area contributed by atoms with Crippen molar-refractivity contribution in [2.45, 2.75) is 34.1 Å². The van der Waals surface area contributed by atoms with Crippen LogP contribution in [-0.2, 0) is 0 Å². The van der Waals surface area contributed by atoms with Gasteiger partial charge in [-0.2, -0.15) is 0 Å². The van der Waals surface area contributed by atoms with Crippen molar-refractivity contribution in [1.82, 2.24) is 9.13 Å². The highest BCUT2D eigenvalue weighted by molar-refractivity contribution is 6.23. The molecular formula is C43H38N2. The van der Waals surface area contributed by atoms with Crippen LogP contribution < -0.4 is 0 Å². The fourth-order valence-electron chi connectivity index (χ4n) is 6.81. The predicted octanol–water partition coefficient (Wildman–Crippen LogP) is 12.1. The topological polar surface area (TPSA) is 9.86 Å². The third kappa shape index (κ3) is 4.84. The van der Waals surface area contributed by atoms with Crippen LogP contribution in [0.1, 0.15) is 44.0 Å². The lowest BCUT2D eigenvalue weighted by molar-refractivity contribution is 1.05. The zero-order chi connectivity index (χ0) is 30.9. The average Bonchev–Trinajstić information content (AvgIpc) is 3.57. The van der Waals surface area contributed by atoms with Crippen molar-refractivity contribution in [3.05, 3.63) is 156 Å². The van der Waals surface area contributed by atoms with Gasteiger partial charge in [0, 0.05) is 38.8 Å². The van der Waals surface area contributed by atoms with Gasteiger partial charge in [-0.1, -0.05) is 110 Å². The standard InChI is InChI=1S/C43H38N2/c1-5-8-15-31(7-3)33-20-24-35(25-21-33)44-30(4)37(14-6-2)42-40(44)28-29-41-43(42)38-18-12-13-19-39(38)45(41)36-26-22-34(23-27-36)32-16-10-9-11-17-32/h6-29H,5H2,1-4H3/b14-6-,15-8-,31-7+. The van der Waals surface area contributed by atoms with Crippen LogP contribution in [0.5, 0.6) is 0 Å². The van der Waals surface area contributed by atoms with Gasteiger partial charge in [0.15, 0.2) is 0 Å². The van der Waals surface area contributed by atoms with Crippen molar-refractivity contribution >= 4 is 44.4 Å². The van der Waals surface area contributed by atoms with E-state index in [-0.39, 0.29) is 0 Å². The highest BCUT2D eigenvalue weighted by atomic mass is 15.0. The Kier molecular flexibility index (Phi) is 7.57. The summed E-state index contributed by atoms with van der Waals surface area (Å²) in [6, 6.07) is 42.0. The summed E-state index contributed by atoms with van der Waals surface area (Å²) in [6.45, 7) is 8.64. The first kappa shape index (κ1) is 28.4. The number of hydrogen-bond acceptors (Lipinski definition) is 0. The Bertz CT molecular complexity index is 2230. The van der Waals surface area contributed by atoms with E-state index < -0.39 is 0 Å². The van der Waals surface area contributed by atoms with E-state index >= 15 is 0 Å². The van der Waals surface area contributed by atoms with Crippen LogP contribution in [0, 0.1) is 6.92 Å². The first-order valence-electron chi connectivity index (χ1n) is 15.9. The molecule has 0 saturated carbocycles. The predicted molar refractivity (Wildman–Crippen MR) is 196 cm³/mol. The third-order valence-corrected chi connectivity index (χ3v) is 8.92. The van der Waals surface area contributed by atoms with Crippen LogP contribution in [0.3, 0.4) is 0 Å². The van der Waals surface area contributed by atoms with Crippen LogP contribution in [0.2, 0.25) is 0 Å². The Hall–Kier alpha value is -5.34. The molecule has 0 aliphatic carbocycles. The van der Waals surface area contributed by atoms with Crippen molar-refractivity contribution in [3.63, 3.8) is 0 Å². The molecule has 0 saturated heterocycles. The van der Waals surface area contributed by atoms with E-state index in [1.54, 1.807) is 0 Å². The van der Waals surface area contributed by atoms with E-state index in [1.807, 2.05) is 0 Å². The molecule has 0 N–H and O–H groups in total. The molecule has 220 valence electrons. The van der Waals surface area contributed by atoms with Gasteiger partial charge in [-0.3, -0.25) is 0 Å². The maximum Gasteiger partial charge on any atom is 0.0548 e. The summed E-state index contributed by atoms with van der Waals surface area (Å²) in [5.41, 5.74) is 13.4. The molecule has 2 heterocycles. The maximum atomic E-state index is 2.42. The summed E-state index contributed by atoms with van der Waals surface area (Å²) in [4.78, 5) is 0. The Morgan fingerprint density at radius 3 is 1.93 bits per heavy atom. The minimum Gasteiger partial charge on any atom is -0.313 e. The fraction of sp³-hybridized carbons (Fsp3) is 0.116. The molecule has 0 radical (unpaired) electrons. The van der Waals surface area contributed by atoms with E-state index in [0.717, 1.165) is 12.1 Å². The summed E-state index contributed by atoms with van der Waals surface area (Å²) in [5, 5.41) is 3.86. The zero-order valence-electron chi connectivity index (χ0n) is 26.5. The van der Waals surface area contributed by atoms with Gasteiger partial charge in [0.25, 0.3) is 0 Å². The third-order valence-electron chi connectivity index (χ3n) is 8.92. The number of para-hydroxylation sites is 1. The van der Waals surface area contributed by atoms with Crippen LogP contribution in [0.4, 0.5) is 0 Å². The Morgan fingerprint density at radius 2 is 1.24 bits per heavy atom. The molecule has 0 atom stereocenters. The van der Waals surface area contributed by atoms with Gasteiger partial charge in [-0.15, -0.1) is 0 Å². The van der Waals surface area contributed by atoms with Crippen molar-refractivity contribution in [3.8, 4) is 22.5 Å². The second kappa shape index (κ2) is 12.0. The highest BCUT2D eigenvalue weighted by Gasteiger charge is 2.21. The van der Waals surface area contributed by atoms with Crippen molar-refractivity contribution in [1.29, 1.82) is 0 Å². The largest absolute Gasteiger partial charge is 0.313 e. The molecule has 0 bridgehead atoms. The number of hydrogen-bond donors (Lipinski definition) is 0. The molecule has 5 aromatic carbocycles. The molecule has 0 fully saturated rings. The van der Waals surface area contributed by atoms with E-state index in [9.17, 15) is 0 Å². The molecule has 2 heteroatoms. The lowest BCUT2D eigenvalue weighted by Gasteiger charge is -2.11. The molecule has 7 aromatic rings. The fourth-order valence-corrected chi connectivity index (χ4v) is 6.81. The van der Waals surface area contributed by atoms with E-state index in [1.165, 1.54) is 71.9 Å². The highest BCUT2D eigenvalue weighted by Crippen LogP contribution is 2.42. The normalized spacial score (nSPS) is 12.5. The maximum absolute atomic E-state index is 2.42. The summed E-state index contributed by atoms with van der Waals surface area (Å²) in [7, 11) is 0. The average molecular weight is 583 g/mol. The van der Waals surface area contributed by atoms with Crippen molar-refractivity contribution in [2.75, 3.05) is 0 Å². The van der Waals surface area contributed by atoms with Gasteiger partial charge in [-0.25, -0.2) is 0 Å². The van der Waals surface area contributed by atoms with Gasteiger partial charge in [0.1, 0.15) is 0 Å². The molecule has 0 amide bonds. The number of nitrogens with zero attached hydrogens (tertiary/aromatic N) is 2. The summed E-state index contributed by atoms with van der Waals surface area (Å²) in [5.74, 6) is 0. The summed E-state index contributed by atoms with van der Waals surface area (Å²) < 4.78 is 4.84. The summed E-state index contributed by atoms with van der Waals surface area (Å²) in [6.07, 6.45) is 12.1. The minimum absolute atomic E-state index is 1.03. The minimum atomic E-state index is 1.03. The summed E-state index contributed by atoms with van der Waals surface area (Å²) >= 11 is 0. The lowest BCUT2D eigenvalue weighted by Crippen LogP contribution is -1.97. The van der Waals surface area contributed by atoms with Crippen LogP contribution in [0.25, 0.3) is 66.9 Å². The molecule has 0 aliphatic heterocycles. The molecular weight excluding hydrogens is 544 g/mol. The van der Waals surface area contributed by atoms with Gasteiger partial charge in [0.2, 0.25) is 0 Å². The number of fused-ring (bicyclic) bond motifs is 5. The van der Waals surface area contributed by atoms with Gasteiger partial charge in [-0.05, 0) is 91.9 Å². The molecule has 2 nitrogen and oxygen atoms in total. The zero-order valence-corrected chi connectivity index (χ0v) is 26.5. The molecule has 2 aromatic heterocycles. The molecule has 0 spiro atoms.